The monoisotopic (exact) mass is 456 g/mol. The molecule has 2 aromatic carbocycles. The lowest BCUT2D eigenvalue weighted by atomic mass is 10.2. The molecule has 0 aliphatic carbocycles. The van der Waals surface area contributed by atoms with Crippen LogP contribution in [0.4, 0.5) is 0 Å². The van der Waals surface area contributed by atoms with Crippen molar-refractivity contribution >= 4 is 61.7 Å². The molecule has 1 fully saturated rings. The first kappa shape index (κ1) is 19.5. The molecular formula is C21H17ClN4O2S2. The van der Waals surface area contributed by atoms with Crippen LogP contribution in [0.15, 0.2) is 53.7 Å². The number of hydrogen-bond acceptors (Lipinski definition) is 6. The van der Waals surface area contributed by atoms with Crippen LogP contribution >= 0.6 is 34.7 Å². The number of imide groups is 1. The molecule has 4 aromatic rings. The van der Waals surface area contributed by atoms with E-state index in [2.05, 4.69) is 10.2 Å². The average molecular weight is 457 g/mol. The lowest BCUT2D eigenvalue weighted by Gasteiger charge is -2.22. The molecule has 1 aliphatic heterocycles. The smallest absolute Gasteiger partial charge is 0.260 e. The summed E-state index contributed by atoms with van der Waals surface area (Å²) in [7, 11) is 0. The van der Waals surface area contributed by atoms with Gasteiger partial charge in [-0.15, -0.1) is 10.2 Å². The zero-order valence-corrected chi connectivity index (χ0v) is 18.2. The zero-order valence-electron chi connectivity index (χ0n) is 15.8. The van der Waals surface area contributed by atoms with Gasteiger partial charge >= 0.3 is 0 Å². The summed E-state index contributed by atoms with van der Waals surface area (Å²) >= 11 is 8.89. The van der Waals surface area contributed by atoms with E-state index < -0.39 is 0 Å². The lowest BCUT2D eigenvalue weighted by Crippen LogP contribution is -2.41. The normalized spacial score (nSPS) is 17.6. The molecule has 6 nitrogen and oxygen atoms in total. The van der Waals surface area contributed by atoms with Crippen molar-refractivity contribution in [2.24, 2.45) is 0 Å². The zero-order chi connectivity index (χ0) is 20.7. The molecule has 1 atom stereocenters. The standard InChI is InChI=1S/C21H17ClN4O2S2/c22-14-10-8-13(9-11-14)18(27)25-12-4-3-7-17(19(25)28)30-21-24-23-20-26(21)15-5-1-2-6-16(15)29-20/h1-2,5-6,8-11,17H,3-4,7,12H2/t17-/m0/s1. The van der Waals surface area contributed by atoms with Crippen molar-refractivity contribution in [2.45, 2.75) is 29.7 Å². The number of para-hydroxylation sites is 1. The predicted octanol–water partition coefficient (Wildman–Crippen LogP) is 4.91. The Morgan fingerprint density at radius 3 is 2.73 bits per heavy atom. The van der Waals surface area contributed by atoms with Crippen LogP contribution in [0.3, 0.4) is 0 Å². The van der Waals surface area contributed by atoms with Gasteiger partial charge in [-0.1, -0.05) is 53.3 Å². The minimum Gasteiger partial charge on any atom is -0.278 e. The Balaban J connectivity index is 1.44. The number of likely N-dealkylation sites (tertiary alicyclic amines) is 1. The van der Waals surface area contributed by atoms with Crippen molar-refractivity contribution < 1.29 is 9.59 Å². The van der Waals surface area contributed by atoms with Gasteiger partial charge < -0.3 is 0 Å². The van der Waals surface area contributed by atoms with E-state index in [1.165, 1.54) is 16.7 Å². The quantitative estimate of drug-likeness (QED) is 0.410. The van der Waals surface area contributed by atoms with Crippen LogP contribution in [-0.2, 0) is 4.79 Å². The molecule has 9 heteroatoms. The van der Waals surface area contributed by atoms with E-state index in [1.807, 2.05) is 28.7 Å². The second-order valence-corrected chi connectivity index (χ2v) is 9.69. The number of hydrogen-bond donors (Lipinski definition) is 0. The molecule has 1 aliphatic rings. The molecule has 0 spiro atoms. The van der Waals surface area contributed by atoms with Crippen LogP contribution in [-0.4, -0.2) is 43.1 Å². The van der Waals surface area contributed by atoms with Crippen molar-refractivity contribution in [1.29, 1.82) is 0 Å². The van der Waals surface area contributed by atoms with Gasteiger partial charge in [0.2, 0.25) is 10.9 Å². The highest BCUT2D eigenvalue weighted by atomic mass is 35.5. The third-order valence-electron chi connectivity index (χ3n) is 5.13. The molecule has 0 radical (unpaired) electrons. The molecule has 152 valence electrons. The van der Waals surface area contributed by atoms with Crippen molar-refractivity contribution in [2.75, 3.05) is 6.54 Å². The molecule has 1 saturated heterocycles. The van der Waals surface area contributed by atoms with Crippen molar-refractivity contribution in [1.82, 2.24) is 19.5 Å². The van der Waals surface area contributed by atoms with E-state index in [0.717, 1.165) is 28.0 Å². The first-order valence-electron chi connectivity index (χ1n) is 9.62. The summed E-state index contributed by atoms with van der Waals surface area (Å²) in [5.41, 5.74) is 1.49. The van der Waals surface area contributed by atoms with Gasteiger partial charge in [0.15, 0.2) is 5.16 Å². The number of halogens is 1. The molecule has 2 aromatic heterocycles. The van der Waals surface area contributed by atoms with E-state index in [4.69, 9.17) is 11.6 Å². The fourth-order valence-electron chi connectivity index (χ4n) is 3.63. The fraction of sp³-hybridized carbons (Fsp3) is 0.238. The van der Waals surface area contributed by atoms with Crippen LogP contribution in [0.2, 0.25) is 5.02 Å². The Labute approximate surface area is 185 Å². The number of thiazole rings is 1. The van der Waals surface area contributed by atoms with Crippen LogP contribution < -0.4 is 0 Å². The molecule has 0 N–H and O–H groups in total. The second-order valence-electron chi connectivity index (χ2n) is 7.07. The summed E-state index contributed by atoms with van der Waals surface area (Å²) in [5.74, 6) is -0.453. The van der Waals surface area contributed by atoms with E-state index in [0.29, 0.717) is 28.7 Å². The van der Waals surface area contributed by atoms with Crippen LogP contribution in [0.1, 0.15) is 29.6 Å². The summed E-state index contributed by atoms with van der Waals surface area (Å²) in [6, 6.07) is 14.7. The third kappa shape index (κ3) is 3.49. The fourth-order valence-corrected chi connectivity index (χ4v) is 5.92. The molecule has 5 rings (SSSR count). The Morgan fingerprint density at radius 1 is 1.10 bits per heavy atom. The number of amides is 2. The number of benzene rings is 2. The number of nitrogens with zero attached hydrogens (tertiary/aromatic N) is 4. The summed E-state index contributed by atoms with van der Waals surface area (Å²) in [6.45, 7) is 0.425. The Hall–Kier alpha value is -2.42. The number of thioether (sulfide) groups is 1. The van der Waals surface area contributed by atoms with Crippen LogP contribution in [0.25, 0.3) is 15.2 Å². The Bertz CT molecular complexity index is 1250. The highest BCUT2D eigenvalue weighted by Crippen LogP contribution is 2.34. The van der Waals surface area contributed by atoms with Gasteiger partial charge in [0.25, 0.3) is 5.91 Å². The van der Waals surface area contributed by atoms with Crippen LogP contribution in [0, 0.1) is 0 Å². The predicted molar refractivity (Wildman–Crippen MR) is 119 cm³/mol. The maximum Gasteiger partial charge on any atom is 0.260 e. The molecule has 2 amide bonds. The van der Waals surface area contributed by atoms with E-state index >= 15 is 0 Å². The van der Waals surface area contributed by atoms with Gasteiger partial charge in [-0.2, -0.15) is 0 Å². The average Bonchev–Trinajstić information content (AvgIpc) is 3.26. The molecular weight excluding hydrogens is 440 g/mol. The third-order valence-corrected chi connectivity index (χ3v) is 7.60. The number of carbonyl (C=O) groups excluding carboxylic acids is 2. The van der Waals surface area contributed by atoms with Gasteiger partial charge in [0, 0.05) is 17.1 Å². The summed E-state index contributed by atoms with van der Waals surface area (Å²) in [4.78, 5) is 28.5. The van der Waals surface area contributed by atoms with Gasteiger partial charge in [-0.25, -0.2) is 0 Å². The van der Waals surface area contributed by atoms with Gasteiger partial charge in [-0.05, 0) is 49.2 Å². The largest absolute Gasteiger partial charge is 0.278 e. The minimum absolute atomic E-state index is 0.172. The van der Waals surface area contributed by atoms with Crippen molar-refractivity contribution in [3.63, 3.8) is 0 Å². The van der Waals surface area contributed by atoms with Crippen molar-refractivity contribution in [3.05, 3.63) is 59.1 Å². The van der Waals surface area contributed by atoms with Crippen LogP contribution in [0.5, 0.6) is 0 Å². The number of aromatic nitrogens is 3. The van der Waals surface area contributed by atoms with Gasteiger partial charge in [-0.3, -0.25) is 18.9 Å². The Kier molecular flexibility index (Phi) is 5.22. The maximum absolute atomic E-state index is 13.3. The molecule has 3 heterocycles. The highest BCUT2D eigenvalue weighted by Gasteiger charge is 2.33. The molecule has 0 bridgehead atoms. The van der Waals surface area contributed by atoms with E-state index in [-0.39, 0.29) is 17.1 Å². The lowest BCUT2D eigenvalue weighted by molar-refractivity contribution is -0.127. The molecule has 30 heavy (non-hydrogen) atoms. The summed E-state index contributed by atoms with van der Waals surface area (Å²) in [6.07, 6.45) is 2.36. The number of rotatable bonds is 3. The molecule has 0 unspecified atom stereocenters. The first-order valence-corrected chi connectivity index (χ1v) is 11.7. The van der Waals surface area contributed by atoms with Crippen molar-refractivity contribution in [3.8, 4) is 0 Å². The maximum atomic E-state index is 13.3. The highest BCUT2D eigenvalue weighted by molar-refractivity contribution is 8.00. The van der Waals surface area contributed by atoms with Gasteiger partial charge in [0.05, 0.1) is 15.5 Å². The second kappa shape index (κ2) is 8.02. The molecule has 0 saturated carbocycles. The van der Waals surface area contributed by atoms with E-state index in [9.17, 15) is 9.59 Å². The SMILES string of the molecule is O=C(c1ccc(Cl)cc1)N1CCCC[C@H](Sc2nnc3sc4ccccc4n23)C1=O. The van der Waals surface area contributed by atoms with Gasteiger partial charge in [0.1, 0.15) is 0 Å². The summed E-state index contributed by atoms with van der Waals surface area (Å²) < 4.78 is 3.12. The Morgan fingerprint density at radius 2 is 1.90 bits per heavy atom. The topological polar surface area (TPSA) is 67.6 Å². The first-order chi connectivity index (χ1) is 14.6. The summed E-state index contributed by atoms with van der Waals surface area (Å²) in [5, 5.41) is 9.46. The number of fused-ring (bicyclic) bond motifs is 3. The minimum atomic E-state index is -0.380. The van der Waals surface area contributed by atoms with E-state index in [1.54, 1.807) is 35.6 Å². The number of carbonyl (C=O) groups is 2.